The van der Waals surface area contributed by atoms with Crippen LogP contribution < -0.4 is 10.5 Å². The number of aliphatic hydroxyl groups is 1. The fourth-order valence-corrected chi connectivity index (χ4v) is 4.35. The minimum atomic E-state index is -5.12. The zero-order valence-corrected chi connectivity index (χ0v) is 19.5. The Morgan fingerprint density at radius 3 is 2.53 bits per heavy atom. The van der Waals surface area contributed by atoms with Crippen molar-refractivity contribution in [2.75, 3.05) is 0 Å². The summed E-state index contributed by atoms with van der Waals surface area (Å²) in [5.74, 6) is -2.52. The highest BCUT2D eigenvalue weighted by Gasteiger charge is 2.59. The zero-order chi connectivity index (χ0) is 26.4. The Morgan fingerprint density at radius 1 is 1.17 bits per heavy atom. The normalized spacial score (nSPS) is 14.4. The average Bonchev–Trinajstić information content (AvgIpc) is 3.10. The quantitative estimate of drug-likeness (QED) is 0.335. The van der Waals surface area contributed by atoms with E-state index in [-0.39, 0.29) is 33.3 Å². The third-order valence-electron chi connectivity index (χ3n) is 5.97. The van der Waals surface area contributed by atoms with Crippen LogP contribution in [0.25, 0.3) is 22.4 Å². The Kier molecular flexibility index (Phi) is 6.31. The van der Waals surface area contributed by atoms with Gasteiger partial charge >= 0.3 is 18.1 Å². The number of hydrogen-bond donors (Lipinski definition) is 2. The number of aromatic nitrogens is 2. The summed E-state index contributed by atoms with van der Waals surface area (Å²) in [6, 6.07) is 11.8. The molecule has 0 aliphatic heterocycles. The monoisotopic (exact) mass is 522 g/mol. The van der Waals surface area contributed by atoms with Crippen LogP contribution in [0.3, 0.4) is 0 Å². The summed E-state index contributed by atoms with van der Waals surface area (Å²) in [7, 11) is 1.34. The second-order valence-corrected chi connectivity index (χ2v) is 8.47. The van der Waals surface area contributed by atoms with E-state index < -0.39 is 35.2 Å². The molecule has 0 aliphatic carbocycles. The van der Waals surface area contributed by atoms with Gasteiger partial charge < -0.3 is 19.4 Å². The third-order valence-corrected chi connectivity index (χ3v) is 6.30. The standard InChI is InChI=1S/C24H18ClF3N2O6/c1-12(15-8-6-13(10-16(15)25)17-4-3-5-20(29-17)36-22(32)33)23(34,24(26,27)28)14-7-9-19-18(11-14)30(2)21(31)35-19/h3-12,34H,1-2H3,(H,32,33). The molecule has 0 saturated carbocycles. The van der Waals surface area contributed by atoms with E-state index in [2.05, 4.69) is 9.72 Å². The number of aryl methyl sites for hydroxylation is 1. The summed E-state index contributed by atoms with van der Waals surface area (Å²) in [6.07, 6.45) is -6.67. The van der Waals surface area contributed by atoms with Gasteiger partial charge in [0.2, 0.25) is 5.88 Å². The van der Waals surface area contributed by atoms with Gasteiger partial charge in [-0.3, -0.25) is 4.57 Å². The molecule has 2 atom stereocenters. The third kappa shape index (κ3) is 4.31. The van der Waals surface area contributed by atoms with E-state index in [9.17, 15) is 27.9 Å². The van der Waals surface area contributed by atoms with Gasteiger partial charge in [-0.2, -0.15) is 13.2 Å². The second-order valence-electron chi connectivity index (χ2n) is 8.06. The number of halogens is 4. The first kappa shape index (κ1) is 25.3. The Hall–Kier alpha value is -3.83. The summed E-state index contributed by atoms with van der Waals surface area (Å²) in [5.41, 5.74) is -3.04. The number of pyridine rings is 1. The van der Waals surface area contributed by atoms with Gasteiger partial charge in [-0.25, -0.2) is 14.6 Å². The summed E-state index contributed by atoms with van der Waals surface area (Å²) in [4.78, 5) is 26.6. The van der Waals surface area contributed by atoms with E-state index in [1.807, 2.05) is 0 Å². The van der Waals surface area contributed by atoms with E-state index in [1.54, 1.807) is 6.07 Å². The highest BCUT2D eigenvalue weighted by Crippen LogP contribution is 2.50. The molecule has 2 aromatic heterocycles. The second kappa shape index (κ2) is 8.99. The molecule has 0 aliphatic rings. The topological polar surface area (TPSA) is 115 Å². The molecule has 4 rings (SSSR count). The van der Waals surface area contributed by atoms with Crippen molar-refractivity contribution < 1.29 is 37.3 Å². The minimum absolute atomic E-state index is 0.000591. The molecular formula is C24H18ClF3N2O6. The predicted octanol–water partition coefficient (Wildman–Crippen LogP) is 5.46. The molecule has 2 N–H and O–H groups in total. The molecule has 188 valence electrons. The van der Waals surface area contributed by atoms with Gasteiger partial charge in [0.1, 0.15) is 0 Å². The summed E-state index contributed by atoms with van der Waals surface area (Å²) in [6.45, 7) is 1.19. The average molecular weight is 523 g/mol. The van der Waals surface area contributed by atoms with E-state index in [0.29, 0.717) is 5.56 Å². The molecule has 2 unspecified atom stereocenters. The van der Waals surface area contributed by atoms with Crippen LogP contribution in [0.4, 0.5) is 18.0 Å². The number of hydrogen-bond acceptors (Lipinski definition) is 6. The smallest absolute Gasteiger partial charge is 0.449 e. The highest BCUT2D eigenvalue weighted by atomic mass is 35.5. The number of rotatable bonds is 5. The van der Waals surface area contributed by atoms with Crippen LogP contribution in [-0.4, -0.2) is 32.1 Å². The van der Waals surface area contributed by atoms with Crippen molar-refractivity contribution in [3.63, 3.8) is 0 Å². The maximum absolute atomic E-state index is 14.4. The maximum atomic E-state index is 14.4. The molecule has 0 radical (unpaired) electrons. The van der Waals surface area contributed by atoms with Crippen LogP contribution in [0.2, 0.25) is 5.02 Å². The molecular weight excluding hydrogens is 505 g/mol. The van der Waals surface area contributed by atoms with Gasteiger partial charge in [0, 0.05) is 29.6 Å². The Labute approximate surface area is 206 Å². The molecule has 2 aromatic carbocycles. The fourth-order valence-electron chi connectivity index (χ4n) is 4.01. The van der Waals surface area contributed by atoms with E-state index in [0.717, 1.165) is 16.7 Å². The molecule has 36 heavy (non-hydrogen) atoms. The number of alkyl halides is 3. The van der Waals surface area contributed by atoms with Gasteiger partial charge in [0.15, 0.2) is 11.2 Å². The molecule has 0 amide bonds. The van der Waals surface area contributed by atoms with Crippen molar-refractivity contribution in [1.29, 1.82) is 0 Å². The van der Waals surface area contributed by atoms with Crippen LogP contribution in [-0.2, 0) is 12.6 Å². The SMILES string of the molecule is CC(c1ccc(-c2cccc(OC(=O)O)n2)cc1Cl)C(O)(c1ccc2oc(=O)n(C)c2c1)C(F)(F)F. The fraction of sp³-hybridized carbons (Fsp3) is 0.208. The molecule has 4 aromatic rings. The maximum Gasteiger partial charge on any atom is 0.512 e. The van der Waals surface area contributed by atoms with Gasteiger partial charge in [-0.05, 0) is 35.4 Å². The van der Waals surface area contributed by atoms with Gasteiger partial charge in [-0.15, -0.1) is 0 Å². The Morgan fingerprint density at radius 2 is 1.89 bits per heavy atom. The number of carbonyl (C=O) groups is 1. The number of oxazole rings is 1. The zero-order valence-electron chi connectivity index (χ0n) is 18.7. The molecule has 0 saturated heterocycles. The highest BCUT2D eigenvalue weighted by molar-refractivity contribution is 6.31. The molecule has 0 fully saturated rings. The predicted molar refractivity (Wildman–Crippen MR) is 123 cm³/mol. The van der Waals surface area contributed by atoms with Crippen LogP contribution in [0.15, 0.2) is 63.8 Å². The first-order chi connectivity index (χ1) is 16.8. The van der Waals surface area contributed by atoms with E-state index in [4.69, 9.17) is 21.1 Å². The first-order valence-corrected chi connectivity index (χ1v) is 10.8. The Bertz CT molecular complexity index is 1530. The van der Waals surface area contributed by atoms with Crippen LogP contribution in [0.5, 0.6) is 5.88 Å². The van der Waals surface area contributed by atoms with E-state index in [1.165, 1.54) is 50.4 Å². The lowest BCUT2D eigenvalue weighted by molar-refractivity contribution is -0.274. The number of benzene rings is 2. The molecule has 0 spiro atoms. The number of nitrogens with zero attached hydrogens (tertiary/aromatic N) is 2. The lowest BCUT2D eigenvalue weighted by Crippen LogP contribution is -2.46. The molecule has 0 bridgehead atoms. The minimum Gasteiger partial charge on any atom is -0.449 e. The summed E-state index contributed by atoms with van der Waals surface area (Å²) < 4.78 is 53.7. The van der Waals surface area contributed by atoms with Crippen LogP contribution in [0, 0.1) is 0 Å². The van der Waals surface area contributed by atoms with Gasteiger partial charge in [0.25, 0.3) is 0 Å². The largest absolute Gasteiger partial charge is 0.512 e. The van der Waals surface area contributed by atoms with Gasteiger partial charge in [0.05, 0.1) is 11.2 Å². The molecule has 12 heteroatoms. The first-order valence-electron chi connectivity index (χ1n) is 10.4. The number of carboxylic acid groups (broad SMARTS) is 1. The van der Waals surface area contributed by atoms with Crippen LogP contribution in [0.1, 0.15) is 24.0 Å². The van der Waals surface area contributed by atoms with Crippen molar-refractivity contribution in [3.8, 4) is 17.1 Å². The van der Waals surface area contributed by atoms with E-state index >= 15 is 0 Å². The lowest BCUT2D eigenvalue weighted by atomic mass is 9.77. The summed E-state index contributed by atoms with van der Waals surface area (Å²) >= 11 is 6.37. The van der Waals surface area contributed by atoms with Crippen molar-refractivity contribution in [1.82, 2.24) is 9.55 Å². The van der Waals surface area contributed by atoms with Crippen molar-refractivity contribution >= 4 is 28.9 Å². The van der Waals surface area contributed by atoms with Crippen molar-refractivity contribution in [2.24, 2.45) is 7.05 Å². The summed E-state index contributed by atoms with van der Waals surface area (Å²) in [5, 5.41) is 19.8. The van der Waals surface area contributed by atoms with Crippen LogP contribution >= 0.6 is 11.6 Å². The number of ether oxygens (including phenoxy) is 1. The Balaban J connectivity index is 1.78. The number of fused-ring (bicyclic) bond motifs is 1. The molecule has 2 heterocycles. The molecule has 8 nitrogen and oxygen atoms in total. The van der Waals surface area contributed by atoms with Crippen molar-refractivity contribution in [2.45, 2.75) is 24.6 Å². The van der Waals surface area contributed by atoms with Gasteiger partial charge in [-0.1, -0.05) is 42.8 Å². The lowest BCUT2D eigenvalue weighted by Gasteiger charge is -2.37. The van der Waals surface area contributed by atoms with Crippen molar-refractivity contribution in [3.05, 3.63) is 81.3 Å².